The first-order valence-corrected chi connectivity index (χ1v) is 8.84. The molecule has 0 aliphatic carbocycles. The Morgan fingerprint density at radius 2 is 1.50 bits per heavy atom. The monoisotopic (exact) mass is 317 g/mol. The van der Waals surface area contributed by atoms with E-state index in [1.807, 2.05) is 19.1 Å². The van der Waals surface area contributed by atoms with Gasteiger partial charge in [-0.05, 0) is 30.7 Å². The summed E-state index contributed by atoms with van der Waals surface area (Å²) in [5.74, 6) is -0.241. The smallest absolute Gasteiger partial charge is 0.261 e. The van der Waals surface area contributed by atoms with Crippen molar-refractivity contribution in [1.29, 1.82) is 0 Å². The Morgan fingerprint density at radius 1 is 1.05 bits per heavy atom. The molecule has 0 radical (unpaired) electrons. The topological polar surface area (TPSA) is 69.4 Å². The molecule has 2 aromatic carbocycles. The Hall–Kier alpha value is -1.74. The van der Waals surface area contributed by atoms with Crippen LogP contribution in [-0.2, 0) is 13.9 Å². The second kappa shape index (κ2) is 7.50. The largest absolute Gasteiger partial charge is 0.321 e. The van der Waals surface area contributed by atoms with E-state index in [1.165, 1.54) is 0 Å². The van der Waals surface area contributed by atoms with Crippen LogP contribution in [0.3, 0.4) is 0 Å². The van der Waals surface area contributed by atoms with E-state index in [-0.39, 0.29) is 12.4 Å². The van der Waals surface area contributed by atoms with E-state index in [9.17, 15) is 9.36 Å². The molecule has 0 saturated heterocycles. The predicted octanol–water partition coefficient (Wildman–Crippen LogP) is 2.24. The SMILES string of the molecule is CC[C@H](N)C(=O)COP(=O)(c1ccccc1)c1ccccc1. The van der Waals surface area contributed by atoms with Gasteiger partial charge in [-0.15, -0.1) is 0 Å². The van der Waals surface area contributed by atoms with Crippen molar-refractivity contribution in [2.75, 3.05) is 6.61 Å². The van der Waals surface area contributed by atoms with E-state index in [1.54, 1.807) is 48.5 Å². The summed E-state index contributed by atoms with van der Waals surface area (Å²) in [5, 5.41) is 1.14. The second-order valence-corrected chi connectivity index (χ2v) is 7.37. The molecule has 4 nitrogen and oxygen atoms in total. The highest BCUT2D eigenvalue weighted by Crippen LogP contribution is 2.44. The van der Waals surface area contributed by atoms with Gasteiger partial charge in [-0.3, -0.25) is 9.36 Å². The first-order valence-electron chi connectivity index (χ1n) is 7.22. The van der Waals surface area contributed by atoms with Gasteiger partial charge in [0, 0.05) is 10.6 Å². The van der Waals surface area contributed by atoms with E-state index >= 15 is 0 Å². The van der Waals surface area contributed by atoms with Gasteiger partial charge in [0.1, 0.15) is 6.61 Å². The molecule has 5 heteroatoms. The molecule has 0 aliphatic rings. The normalized spacial score (nSPS) is 12.8. The molecular formula is C17H20NO3P. The van der Waals surface area contributed by atoms with Gasteiger partial charge in [-0.2, -0.15) is 0 Å². The molecule has 0 unspecified atom stereocenters. The minimum absolute atomic E-state index is 0.241. The molecule has 0 bridgehead atoms. The van der Waals surface area contributed by atoms with Crippen LogP contribution in [0, 0.1) is 0 Å². The molecule has 0 aliphatic heterocycles. The second-order valence-electron chi connectivity index (χ2n) is 4.98. The van der Waals surface area contributed by atoms with Gasteiger partial charge < -0.3 is 10.3 Å². The van der Waals surface area contributed by atoms with Crippen LogP contribution in [0.5, 0.6) is 0 Å². The van der Waals surface area contributed by atoms with Gasteiger partial charge in [0.2, 0.25) is 0 Å². The summed E-state index contributed by atoms with van der Waals surface area (Å²) in [4.78, 5) is 11.9. The van der Waals surface area contributed by atoms with Crippen molar-refractivity contribution in [2.24, 2.45) is 5.73 Å². The van der Waals surface area contributed by atoms with E-state index in [0.29, 0.717) is 17.0 Å². The highest BCUT2D eigenvalue weighted by Gasteiger charge is 2.29. The first-order chi connectivity index (χ1) is 10.6. The molecule has 2 rings (SSSR count). The Morgan fingerprint density at radius 3 is 1.91 bits per heavy atom. The number of nitrogens with two attached hydrogens (primary N) is 1. The molecule has 2 aromatic rings. The summed E-state index contributed by atoms with van der Waals surface area (Å²) in [7, 11) is -3.30. The van der Waals surface area contributed by atoms with Crippen LogP contribution in [0.15, 0.2) is 60.7 Å². The maximum absolute atomic E-state index is 13.4. The molecule has 0 heterocycles. The summed E-state index contributed by atoms with van der Waals surface area (Å²) in [5.41, 5.74) is 5.70. The summed E-state index contributed by atoms with van der Waals surface area (Å²) in [6, 6.07) is 17.3. The number of carbonyl (C=O) groups excluding carboxylic acids is 1. The highest BCUT2D eigenvalue weighted by atomic mass is 31.2. The lowest BCUT2D eigenvalue weighted by Crippen LogP contribution is -2.33. The first kappa shape index (κ1) is 16.6. The van der Waals surface area contributed by atoms with E-state index in [0.717, 1.165) is 0 Å². The Labute approximate surface area is 130 Å². The molecule has 0 aromatic heterocycles. The van der Waals surface area contributed by atoms with Crippen molar-refractivity contribution in [2.45, 2.75) is 19.4 Å². The van der Waals surface area contributed by atoms with Crippen molar-refractivity contribution in [3.8, 4) is 0 Å². The zero-order chi connectivity index (χ0) is 16.0. The predicted molar refractivity (Wildman–Crippen MR) is 89.0 cm³/mol. The lowest BCUT2D eigenvalue weighted by Gasteiger charge is -2.20. The number of hydrogen-bond acceptors (Lipinski definition) is 4. The minimum Gasteiger partial charge on any atom is -0.321 e. The summed E-state index contributed by atoms with van der Waals surface area (Å²) >= 11 is 0. The van der Waals surface area contributed by atoms with E-state index in [4.69, 9.17) is 10.3 Å². The van der Waals surface area contributed by atoms with Gasteiger partial charge in [-0.25, -0.2) is 0 Å². The Balaban J connectivity index is 2.32. The molecule has 0 spiro atoms. The molecule has 0 saturated carbocycles. The fourth-order valence-corrected chi connectivity index (χ4v) is 4.07. The fraction of sp³-hybridized carbons (Fsp3) is 0.235. The van der Waals surface area contributed by atoms with Crippen LogP contribution < -0.4 is 16.3 Å². The molecule has 0 fully saturated rings. The maximum Gasteiger partial charge on any atom is 0.261 e. The summed E-state index contributed by atoms with van der Waals surface area (Å²) in [6.07, 6.45) is 0.531. The minimum atomic E-state index is -3.30. The van der Waals surface area contributed by atoms with Gasteiger partial charge in [-0.1, -0.05) is 43.3 Å². The zero-order valence-corrected chi connectivity index (χ0v) is 13.4. The molecule has 116 valence electrons. The standard InChI is InChI=1S/C17H20NO3P/c1-2-16(18)17(19)13-21-22(20,14-9-5-3-6-10-14)15-11-7-4-8-12-15/h3-12,16H,2,13,18H2,1H3/t16-/m0/s1. The van der Waals surface area contributed by atoms with Crippen LogP contribution in [0.2, 0.25) is 0 Å². The van der Waals surface area contributed by atoms with Crippen LogP contribution in [0.1, 0.15) is 13.3 Å². The third kappa shape index (κ3) is 3.72. The quantitative estimate of drug-likeness (QED) is 0.795. The molecule has 0 amide bonds. The van der Waals surface area contributed by atoms with Crippen LogP contribution in [0.4, 0.5) is 0 Å². The number of carbonyl (C=O) groups is 1. The number of benzene rings is 2. The fourth-order valence-electron chi connectivity index (χ4n) is 2.04. The number of ketones is 1. The maximum atomic E-state index is 13.4. The number of rotatable bonds is 7. The van der Waals surface area contributed by atoms with Crippen LogP contribution in [-0.4, -0.2) is 18.4 Å². The van der Waals surface area contributed by atoms with Crippen molar-refractivity contribution in [3.05, 3.63) is 60.7 Å². The van der Waals surface area contributed by atoms with Crippen molar-refractivity contribution in [1.82, 2.24) is 0 Å². The van der Waals surface area contributed by atoms with Crippen molar-refractivity contribution >= 4 is 23.8 Å². The van der Waals surface area contributed by atoms with E-state index < -0.39 is 13.4 Å². The third-order valence-electron chi connectivity index (χ3n) is 3.43. The van der Waals surface area contributed by atoms with Gasteiger partial charge >= 0.3 is 0 Å². The van der Waals surface area contributed by atoms with Crippen LogP contribution >= 0.6 is 7.37 Å². The van der Waals surface area contributed by atoms with Crippen molar-refractivity contribution in [3.63, 3.8) is 0 Å². The lowest BCUT2D eigenvalue weighted by atomic mass is 10.2. The Bertz CT molecular complexity index is 615. The molecule has 2 N–H and O–H groups in total. The van der Waals surface area contributed by atoms with Gasteiger partial charge in [0.05, 0.1) is 6.04 Å². The summed E-state index contributed by atoms with van der Waals surface area (Å²) < 4.78 is 19.0. The molecular weight excluding hydrogens is 297 g/mol. The highest BCUT2D eigenvalue weighted by molar-refractivity contribution is 7.74. The van der Waals surface area contributed by atoms with Gasteiger partial charge in [0.25, 0.3) is 7.37 Å². The molecule has 22 heavy (non-hydrogen) atoms. The van der Waals surface area contributed by atoms with Crippen molar-refractivity contribution < 1.29 is 13.9 Å². The lowest BCUT2D eigenvalue weighted by molar-refractivity contribution is -0.122. The number of Topliss-reactive ketones (excluding diaryl/α,β-unsaturated/α-hetero) is 1. The average molecular weight is 317 g/mol. The zero-order valence-electron chi connectivity index (χ0n) is 12.5. The van der Waals surface area contributed by atoms with Crippen LogP contribution in [0.25, 0.3) is 0 Å². The third-order valence-corrected chi connectivity index (χ3v) is 5.88. The average Bonchev–Trinajstić information content (AvgIpc) is 2.60. The Kier molecular flexibility index (Phi) is 5.67. The molecule has 1 atom stereocenters. The number of hydrogen-bond donors (Lipinski definition) is 1. The van der Waals surface area contributed by atoms with Gasteiger partial charge in [0.15, 0.2) is 5.78 Å². The summed E-state index contributed by atoms with van der Waals surface area (Å²) in [6.45, 7) is 1.58. The van der Waals surface area contributed by atoms with E-state index in [2.05, 4.69) is 0 Å².